The summed E-state index contributed by atoms with van der Waals surface area (Å²) in [5.74, 6) is 0.000326. The van der Waals surface area contributed by atoms with Gasteiger partial charge in [0.25, 0.3) is 5.69 Å². The molecule has 92 valence electrons. The molecule has 6 nitrogen and oxygen atoms in total. The summed E-state index contributed by atoms with van der Waals surface area (Å²) in [6.07, 6.45) is 0.563. The van der Waals surface area contributed by atoms with E-state index in [0.717, 1.165) is 0 Å². The van der Waals surface area contributed by atoms with Crippen LogP contribution < -0.4 is 5.32 Å². The Kier molecular flexibility index (Phi) is 4.59. The highest BCUT2D eigenvalue weighted by Gasteiger charge is 2.14. The van der Waals surface area contributed by atoms with Crippen LogP contribution in [0.1, 0.15) is 17.3 Å². The number of aliphatic hydroxyl groups is 1. The van der Waals surface area contributed by atoms with Gasteiger partial charge in [0.05, 0.1) is 4.92 Å². The highest BCUT2D eigenvalue weighted by Crippen LogP contribution is 2.25. The van der Waals surface area contributed by atoms with Crippen LogP contribution in [0.2, 0.25) is 0 Å². The predicted octanol–water partition coefficient (Wildman–Crippen LogP) is 1.45. The standard InChI is InChI=1S/C11H14N2O4/c1-8(6-14)5-12-10-3-2-9(7-15)4-11(10)13(16)17/h2-4,7-8,12,14H,5-6H2,1H3. The molecule has 2 N–H and O–H groups in total. The van der Waals surface area contributed by atoms with Gasteiger partial charge in [-0.1, -0.05) is 6.92 Å². The Labute approximate surface area is 98.4 Å². The van der Waals surface area contributed by atoms with E-state index in [4.69, 9.17) is 5.11 Å². The lowest BCUT2D eigenvalue weighted by Crippen LogP contribution is -2.15. The molecule has 6 heteroatoms. The Hall–Kier alpha value is -1.95. The van der Waals surface area contributed by atoms with Gasteiger partial charge in [0, 0.05) is 24.8 Å². The zero-order valence-electron chi connectivity index (χ0n) is 9.42. The lowest BCUT2D eigenvalue weighted by molar-refractivity contribution is -0.384. The summed E-state index contributed by atoms with van der Waals surface area (Å²) in [5, 5.41) is 22.5. The number of hydrogen-bond donors (Lipinski definition) is 2. The number of aldehydes is 1. The van der Waals surface area contributed by atoms with Crippen molar-refractivity contribution in [2.24, 2.45) is 5.92 Å². The molecule has 0 radical (unpaired) electrons. The maximum absolute atomic E-state index is 10.8. The first kappa shape index (κ1) is 13.1. The van der Waals surface area contributed by atoms with Crippen molar-refractivity contribution in [1.29, 1.82) is 0 Å². The molecule has 1 unspecified atom stereocenters. The van der Waals surface area contributed by atoms with E-state index in [-0.39, 0.29) is 23.8 Å². The van der Waals surface area contributed by atoms with E-state index in [9.17, 15) is 14.9 Å². The number of nitro benzene ring substituents is 1. The van der Waals surface area contributed by atoms with Gasteiger partial charge in [0.15, 0.2) is 0 Å². The van der Waals surface area contributed by atoms with Crippen LogP contribution in [0, 0.1) is 16.0 Å². The molecule has 1 aromatic carbocycles. The molecule has 0 bridgehead atoms. The molecule has 0 aliphatic carbocycles. The molecule has 1 atom stereocenters. The van der Waals surface area contributed by atoms with Crippen LogP contribution in [-0.4, -0.2) is 29.5 Å². The molecule has 1 rings (SSSR count). The third kappa shape index (κ3) is 3.53. The van der Waals surface area contributed by atoms with Gasteiger partial charge < -0.3 is 10.4 Å². The van der Waals surface area contributed by atoms with E-state index in [0.29, 0.717) is 18.5 Å². The van der Waals surface area contributed by atoms with Crippen molar-refractivity contribution in [2.75, 3.05) is 18.5 Å². The van der Waals surface area contributed by atoms with Crippen molar-refractivity contribution >= 4 is 17.7 Å². The number of rotatable bonds is 6. The summed E-state index contributed by atoms with van der Waals surface area (Å²) in [6, 6.07) is 4.22. The summed E-state index contributed by atoms with van der Waals surface area (Å²) in [6.45, 7) is 2.25. The second kappa shape index (κ2) is 5.95. The lowest BCUT2D eigenvalue weighted by Gasteiger charge is -2.11. The Balaban J connectivity index is 2.90. The van der Waals surface area contributed by atoms with E-state index in [1.54, 1.807) is 0 Å². The molecule has 0 fully saturated rings. The fourth-order valence-corrected chi connectivity index (χ4v) is 1.27. The van der Waals surface area contributed by atoms with E-state index < -0.39 is 4.92 Å². The first-order valence-corrected chi connectivity index (χ1v) is 5.16. The molecule has 17 heavy (non-hydrogen) atoms. The maximum Gasteiger partial charge on any atom is 0.293 e. The van der Waals surface area contributed by atoms with Crippen molar-refractivity contribution in [1.82, 2.24) is 0 Å². The number of anilines is 1. The number of nitrogens with zero attached hydrogens (tertiary/aromatic N) is 1. The van der Waals surface area contributed by atoms with E-state index in [1.807, 2.05) is 6.92 Å². The largest absolute Gasteiger partial charge is 0.396 e. The van der Waals surface area contributed by atoms with Gasteiger partial charge >= 0.3 is 0 Å². The second-order valence-corrected chi connectivity index (χ2v) is 3.82. The van der Waals surface area contributed by atoms with Gasteiger partial charge in [0.2, 0.25) is 0 Å². The van der Waals surface area contributed by atoms with Gasteiger partial charge in [-0.15, -0.1) is 0 Å². The molecule has 0 amide bonds. The Morgan fingerprint density at radius 2 is 2.29 bits per heavy atom. The molecule has 0 saturated heterocycles. The van der Waals surface area contributed by atoms with Crippen molar-refractivity contribution < 1.29 is 14.8 Å². The predicted molar refractivity (Wildman–Crippen MR) is 63.2 cm³/mol. The van der Waals surface area contributed by atoms with Gasteiger partial charge in [-0.2, -0.15) is 0 Å². The summed E-state index contributed by atoms with van der Waals surface area (Å²) >= 11 is 0. The van der Waals surface area contributed by atoms with Crippen molar-refractivity contribution in [2.45, 2.75) is 6.92 Å². The topological polar surface area (TPSA) is 92.5 Å². The zero-order chi connectivity index (χ0) is 12.8. The monoisotopic (exact) mass is 238 g/mol. The van der Waals surface area contributed by atoms with Crippen LogP contribution in [0.5, 0.6) is 0 Å². The molecule has 0 spiro atoms. The second-order valence-electron chi connectivity index (χ2n) is 3.82. The highest BCUT2D eigenvalue weighted by molar-refractivity contribution is 5.79. The van der Waals surface area contributed by atoms with E-state index in [2.05, 4.69) is 5.32 Å². The van der Waals surface area contributed by atoms with Gasteiger partial charge in [-0.05, 0) is 18.1 Å². The normalized spacial score (nSPS) is 11.9. The number of carbonyl (C=O) groups excluding carboxylic acids is 1. The number of nitrogens with one attached hydrogen (secondary N) is 1. The van der Waals surface area contributed by atoms with Crippen LogP contribution >= 0.6 is 0 Å². The van der Waals surface area contributed by atoms with E-state index in [1.165, 1.54) is 18.2 Å². The molecule has 0 heterocycles. The van der Waals surface area contributed by atoms with Crippen LogP contribution in [0.15, 0.2) is 18.2 Å². The summed E-state index contributed by atoms with van der Waals surface area (Å²) < 4.78 is 0. The molecule has 0 saturated carbocycles. The van der Waals surface area contributed by atoms with Crippen LogP contribution in [-0.2, 0) is 0 Å². The van der Waals surface area contributed by atoms with Crippen LogP contribution in [0.3, 0.4) is 0 Å². The first-order chi connectivity index (χ1) is 8.08. The third-order valence-electron chi connectivity index (χ3n) is 2.31. The number of hydrogen-bond acceptors (Lipinski definition) is 5. The van der Waals surface area contributed by atoms with E-state index >= 15 is 0 Å². The Morgan fingerprint density at radius 1 is 1.59 bits per heavy atom. The number of aliphatic hydroxyl groups excluding tert-OH is 1. The Morgan fingerprint density at radius 3 is 2.82 bits per heavy atom. The lowest BCUT2D eigenvalue weighted by atomic mass is 10.1. The molecular formula is C11H14N2O4. The summed E-state index contributed by atoms with van der Waals surface area (Å²) in [5.41, 5.74) is 0.470. The fraction of sp³-hybridized carbons (Fsp3) is 0.364. The maximum atomic E-state index is 10.8. The van der Waals surface area contributed by atoms with Crippen molar-refractivity contribution in [3.63, 3.8) is 0 Å². The number of carbonyl (C=O) groups is 1. The Bertz CT molecular complexity index is 420. The molecule has 0 aromatic heterocycles. The fourth-order valence-electron chi connectivity index (χ4n) is 1.27. The quantitative estimate of drug-likeness (QED) is 0.444. The summed E-state index contributed by atoms with van der Waals surface area (Å²) in [4.78, 5) is 20.8. The zero-order valence-corrected chi connectivity index (χ0v) is 9.42. The smallest absolute Gasteiger partial charge is 0.293 e. The van der Waals surface area contributed by atoms with Crippen LogP contribution in [0.25, 0.3) is 0 Å². The third-order valence-corrected chi connectivity index (χ3v) is 2.31. The average molecular weight is 238 g/mol. The van der Waals surface area contributed by atoms with Gasteiger partial charge in [0.1, 0.15) is 12.0 Å². The molecular weight excluding hydrogens is 224 g/mol. The SMILES string of the molecule is CC(CO)CNc1ccc(C=O)cc1[N+](=O)[O-]. The average Bonchev–Trinajstić information content (AvgIpc) is 2.35. The summed E-state index contributed by atoms with van der Waals surface area (Å²) in [7, 11) is 0. The highest BCUT2D eigenvalue weighted by atomic mass is 16.6. The van der Waals surface area contributed by atoms with Gasteiger partial charge in [-0.25, -0.2) is 0 Å². The van der Waals surface area contributed by atoms with Crippen molar-refractivity contribution in [3.05, 3.63) is 33.9 Å². The number of benzene rings is 1. The molecule has 0 aliphatic heterocycles. The van der Waals surface area contributed by atoms with Crippen molar-refractivity contribution in [3.8, 4) is 0 Å². The minimum Gasteiger partial charge on any atom is -0.396 e. The van der Waals surface area contributed by atoms with Crippen LogP contribution in [0.4, 0.5) is 11.4 Å². The minimum absolute atomic E-state index is 0.000326. The van der Waals surface area contributed by atoms with Gasteiger partial charge in [-0.3, -0.25) is 14.9 Å². The number of nitro groups is 1. The molecule has 0 aliphatic rings. The molecule has 1 aromatic rings. The first-order valence-electron chi connectivity index (χ1n) is 5.16. The minimum atomic E-state index is -0.543.